The van der Waals surface area contributed by atoms with Gasteiger partial charge in [-0.25, -0.2) is 4.79 Å². The third kappa shape index (κ3) is 5.20. The lowest BCUT2D eigenvalue weighted by Gasteiger charge is -2.04. The summed E-state index contributed by atoms with van der Waals surface area (Å²) >= 11 is 0. The molecule has 0 aliphatic heterocycles. The maximum absolute atomic E-state index is 12.0. The van der Waals surface area contributed by atoms with Gasteiger partial charge in [0.25, 0.3) is 0 Å². The molecule has 4 heteroatoms. The van der Waals surface area contributed by atoms with E-state index in [0.717, 1.165) is 5.56 Å². The fourth-order valence-electron chi connectivity index (χ4n) is 1.90. The summed E-state index contributed by atoms with van der Waals surface area (Å²) in [5.41, 5.74) is 1.94. The monoisotopic (exact) mass is 310 g/mol. The molecular weight excluding hydrogens is 292 g/mol. The number of hydrogen-bond acceptors (Lipinski definition) is 4. The van der Waals surface area contributed by atoms with Gasteiger partial charge in [0.2, 0.25) is 0 Å². The molecule has 2 aromatic rings. The van der Waals surface area contributed by atoms with Crippen molar-refractivity contribution in [3.05, 3.63) is 77.4 Å². The Balaban J connectivity index is 1.96. The normalized spacial score (nSPS) is 10.7. The predicted molar refractivity (Wildman–Crippen MR) is 88.4 cm³/mol. The highest BCUT2D eigenvalue weighted by Gasteiger charge is 2.06. The number of carbonyl (C=O) groups is 2. The van der Waals surface area contributed by atoms with Crippen LogP contribution in [-0.4, -0.2) is 32.1 Å². The zero-order chi connectivity index (χ0) is 16.5. The minimum atomic E-state index is -0.391. The Labute approximate surface area is 135 Å². The molecule has 0 aliphatic carbocycles. The number of ether oxygens (including phenoxy) is 2. The van der Waals surface area contributed by atoms with Crippen LogP contribution in [0, 0.1) is 0 Å². The lowest BCUT2D eigenvalue weighted by atomic mass is 10.1. The number of rotatable bonds is 7. The molecule has 0 N–H and O–H groups in total. The van der Waals surface area contributed by atoms with Crippen LogP contribution >= 0.6 is 0 Å². The highest BCUT2D eigenvalue weighted by atomic mass is 16.6. The van der Waals surface area contributed by atoms with Crippen molar-refractivity contribution >= 4 is 17.8 Å². The summed E-state index contributed by atoms with van der Waals surface area (Å²) in [5.74, 6) is -0.452. The smallest absolute Gasteiger partial charge is 0.338 e. The molecule has 0 fully saturated rings. The fourth-order valence-corrected chi connectivity index (χ4v) is 1.90. The van der Waals surface area contributed by atoms with Crippen LogP contribution in [0.1, 0.15) is 26.3 Å². The first-order valence-electron chi connectivity index (χ1n) is 7.24. The summed E-state index contributed by atoms with van der Waals surface area (Å²) < 4.78 is 9.85. The Kier molecular flexibility index (Phi) is 6.27. The van der Waals surface area contributed by atoms with Crippen molar-refractivity contribution < 1.29 is 19.1 Å². The van der Waals surface area contributed by atoms with E-state index in [0.29, 0.717) is 17.7 Å². The Morgan fingerprint density at radius 3 is 2.26 bits per heavy atom. The van der Waals surface area contributed by atoms with Gasteiger partial charge in [-0.3, -0.25) is 4.79 Å². The molecule has 0 amide bonds. The molecule has 0 unspecified atom stereocenters. The maximum atomic E-state index is 12.0. The number of methoxy groups -OCH3 is 1. The number of allylic oxidation sites excluding steroid dienone is 1. The van der Waals surface area contributed by atoms with Crippen LogP contribution < -0.4 is 0 Å². The zero-order valence-electron chi connectivity index (χ0n) is 12.9. The first-order valence-corrected chi connectivity index (χ1v) is 7.24. The van der Waals surface area contributed by atoms with Gasteiger partial charge in [-0.15, -0.1) is 0 Å². The first kappa shape index (κ1) is 16.6. The van der Waals surface area contributed by atoms with Crippen LogP contribution in [-0.2, 0) is 9.47 Å². The van der Waals surface area contributed by atoms with Crippen molar-refractivity contribution in [2.75, 3.05) is 20.3 Å². The molecular formula is C19H18O4. The quantitative estimate of drug-likeness (QED) is 0.340. The van der Waals surface area contributed by atoms with Gasteiger partial charge in [0.05, 0.1) is 12.2 Å². The average molecular weight is 310 g/mol. The van der Waals surface area contributed by atoms with Gasteiger partial charge in [-0.2, -0.15) is 0 Å². The second-order valence-electron chi connectivity index (χ2n) is 4.81. The van der Waals surface area contributed by atoms with Crippen LogP contribution in [0.5, 0.6) is 0 Å². The predicted octanol–water partition coefficient (Wildman–Crippen LogP) is 3.39. The first-order chi connectivity index (χ1) is 11.2. The number of carbonyl (C=O) groups excluding carboxylic acids is 2. The SMILES string of the molecule is COCCOC(=O)c1ccc(C=CC(=O)c2ccccc2)cc1. The molecule has 0 saturated carbocycles. The van der Waals surface area contributed by atoms with E-state index in [1.807, 2.05) is 18.2 Å². The topological polar surface area (TPSA) is 52.6 Å². The average Bonchev–Trinajstić information content (AvgIpc) is 2.61. The second-order valence-corrected chi connectivity index (χ2v) is 4.81. The minimum absolute atomic E-state index is 0.0614. The van der Waals surface area contributed by atoms with Gasteiger partial charge in [-0.1, -0.05) is 48.5 Å². The molecule has 2 rings (SSSR count). The lowest BCUT2D eigenvalue weighted by molar-refractivity contribution is 0.0388. The molecule has 23 heavy (non-hydrogen) atoms. The van der Waals surface area contributed by atoms with Crippen LogP contribution in [0.15, 0.2) is 60.7 Å². The lowest BCUT2D eigenvalue weighted by Crippen LogP contribution is -2.09. The van der Waals surface area contributed by atoms with Crippen LogP contribution in [0.4, 0.5) is 0 Å². The van der Waals surface area contributed by atoms with E-state index in [1.54, 1.807) is 49.6 Å². The van der Waals surface area contributed by atoms with Gasteiger partial charge in [-0.05, 0) is 23.8 Å². The summed E-state index contributed by atoms with van der Waals surface area (Å²) in [7, 11) is 1.55. The molecule has 0 spiro atoms. The van der Waals surface area contributed by atoms with Gasteiger partial charge >= 0.3 is 5.97 Å². The van der Waals surface area contributed by atoms with E-state index in [4.69, 9.17) is 9.47 Å². The van der Waals surface area contributed by atoms with Crippen LogP contribution in [0.2, 0.25) is 0 Å². The summed E-state index contributed by atoms with van der Waals surface area (Å²) in [6.07, 6.45) is 3.23. The number of hydrogen-bond donors (Lipinski definition) is 0. The highest BCUT2D eigenvalue weighted by Crippen LogP contribution is 2.09. The van der Waals surface area contributed by atoms with E-state index >= 15 is 0 Å². The third-order valence-corrected chi connectivity index (χ3v) is 3.15. The van der Waals surface area contributed by atoms with Gasteiger partial charge in [0, 0.05) is 12.7 Å². The third-order valence-electron chi connectivity index (χ3n) is 3.15. The largest absolute Gasteiger partial charge is 0.460 e. The van der Waals surface area contributed by atoms with Gasteiger partial charge in [0.15, 0.2) is 5.78 Å². The fraction of sp³-hybridized carbons (Fsp3) is 0.158. The van der Waals surface area contributed by atoms with Crippen LogP contribution in [0.3, 0.4) is 0 Å². The molecule has 2 aromatic carbocycles. The molecule has 0 aromatic heterocycles. The Bertz CT molecular complexity index is 672. The molecule has 0 bridgehead atoms. The molecule has 118 valence electrons. The molecule has 0 heterocycles. The second kappa shape index (κ2) is 8.66. The molecule has 0 aliphatic rings. The Morgan fingerprint density at radius 1 is 0.913 bits per heavy atom. The molecule has 0 radical (unpaired) electrons. The Morgan fingerprint density at radius 2 is 1.61 bits per heavy atom. The van der Waals surface area contributed by atoms with Crippen molar-refractivity contribution in [2.24, 2.45) is 0 Å². The van der Waals surface area contributed by atoms with Crippen molar-refractivity contribution in [1.82, 2.24) is 0 Å². The molecule has 0 atom stereocenters. The number of ketones is 1. The van der Waals surface area contributed by atoms with Crippen molar-refractivity contribution in [3.63, 3.8) is 0 Å². The van der Waals surface area contributed by atoms with E-state index in [2.05, 4.69) is 0 Å². The standard InChI is InChI=1S/C19H18O4/c1-22-13-14-23-19(21)17-10-7-15(8-11-17)9-12-18(20)16-5-3-2-4-6-16/h2-12H,13-14H2,1H3. The zero-order valence-corrected chi connectivity index (χ0v) is 12.9. The maximum Gasteiger partial charge on any atom is 0.338 e. The molecule has 0 saturated heterocycles. The van der Waals surface area contributed by atoms with Crippen molar-refractivity contribution in [3.8, 4) is 0 Å². The van der Waals surface area contributed by atoms with Crippen molar-refractivity contribution in [2.45, 2.75) is 0 Å². The van der Waals surface area contributed by atoms with E-state index < -0.39 is 5.97 Å². The van der Waals surface area contributed by atoms with E-state index in [1.165, 1.54) is 6.08 Å². The minimum Gasteiger partial charge on any atom is -0.460 e. The number of esters is 1. The summed E-state index contributed by atoms with van der Waals surface area (Å²) in [6.45, 7) is 0.594. The summed E-state index contributed by atoms with van der Waals surface area (Å²) in [5, 5.41) is 0. The van der Waals surface area contributed by atoms with E-state index in [9.17, 15) is 9.59 Å². The van der Waals surface area contributed by atoms with Crippen LogP contribution in [0.25, 0.3) is 6.08 Å². The van der Waals surface area contributed by atoms with Gasteiger partial charge < -0.3 is 9.47 Å². The van der Waals surface area contributed by atoms with Crippen molar-refractivity contribution in [1.29, 1.82) is 0 Å². The summed E-state index contributed by atoms with van der Waals surface area (Å²) in [4.78, 5) is 23.7. The number of benzene rings is 2. The van der Waals surface area contributed by atoms with Gasteiger partial charge in [0.1, 0.15) is 6.61 Å². The Hall–Kier alpha value is -2.72. The van der Waals surface area contributed by atoms with E-state index in [-0.39, 0.29) is 12.4 Å². The summed E-state index contributed by atoms with van der Waals surface area (Å²) in [6, 6.07) is 15.9. The molecule has 4 nitrogen and oxygen atoms in total. The highest BCUT2D eigenvalue weighted by molar-refractivity contribution is 6.06.